The zero-order chi connectivity index (χ0) is 26.0. The average Bonchev–Trinajstić information content (AvgIpc) is 2.82. The third-order valence-corrected chi connectivity index (χ3v) is 6.14. The maximum Gasteiger partial charge on any atom is 0.417 e. The number of hydrogen-bond donors (Lipinski definition) is 1. The van der Waals surface area contributed by atoms with Crippen LogP contribution in [0.15, 0.2) is 48.5 Å². The number of ether oxygens (including phenoxy) is 1. The van der Waals surface area contributed by atoms with Crippen molar-refractivity contribution in [1.82, 2.24) is 4.98 Å². The minimum absolute atomic E-state index is 0.0243. The van der Waals surface area contributed by atoms with Gasteiger partial charge in [-0.2, -0.15) is 13.2 Å². The van der Waals surface area contributed by atoms with Crippen LogP contribution in [0.2, 0.25) is 0 Å². The highest BCUT2D eigenvalue weighted by Crippen LogP contribution is 2.40. The molecule has 0 fully saturated rings. The van der Waals surface area contributed by atoms with Crippen LogP contribution in [0.25, 0.3) is 11.3 Å². The third kappa shape index (κ3) is 5.20. The summed E-state index contributed by atoms with van der Waals surface area (Å²) in [4.78, 5) is 15.5. The fourth-order valence-corrected chi connectivity index (χ4v) is 4.49. The summed E-state index contributed by atoms with van der Waals surface area (Å²) in [5, 5.41) is 9.18. The first-order valence-electron chi connectivity index (χ1n) is 11.4. The molecule has 2 heterocycles. The van der Waals surface area contributed by atoms with Crippen LogP contribution in [0, 0.1) is 24.6 Å². The number of benzene rings is 2. The molecular formula is C28H23F4NO3. The number of carbonyl (C=O) groups is 1. The minimum atomic E-state index is -4.59. The summed E-state index contributed by atoms with van der Waals surface area (Å²) >= 11 is 0. The fourth-order valence-electron chi connectivity index (χ4n) is 4.49. The molecule has 1 aliphatic rings. The van der Waals surface area contributed by atoms with Crippen molar-refractivity contribution in [3.63, 3.8) is 0 Å². The van der Waals surface area contributed by atoms with Crippen LogP contribution in [0.4, 0.5) is 17.6 Å². The van der Waals surface area contributed by atoms with E-state index in [1.165, 1.54) is 12.1 Å². The highest BCUT2D eigenvalue weighted by atomic mass is 19.4. The summed E-state index contributed by atoms with van der Waals surface area (Å²) in [5.41, 5.74) is 0.999. The highest BCUT2D eigenvalue weighted by molar-refractivity contribution is 5.69. The lowest BCUT2D eigenvalue weighted by molar-refractivity contribution is -0.138. The number of pyridine rings is 1. The van der Waals surface area contributed by atoms with Gasteiger partial charge in [0.2, 0.25) is 0 Å². The van der Waals surface area contributed by atoms with E-state index in [0.717, 1.165) is 23.3 Å². The standard InChI is InChI=1S/C28H23F4NO3/c1-3-5-17(15-25(34)35)18-8-12-23-19(14-18)9-13-24(36-23)27-21(29)10-11-22(33-27)26-16(2)6-4-7-20(26)28(30,31)32/h4,6-8,10-12,14,17,24H,9,13,15H2,1-2H3,(H,34,35). The second-order valence-electron chi connectivity index (χ2n) is 8.62. The summed E-state index contributed by atoms with van der Waals surface area (Å²) in [5.74, 6) is 4.07. The van der Waals surface area contributed by atoms with Crippen molar-refractivity contribution in [1.29, 1.82) is 0 Å². The summed E-state index contributed by atoms with van der Waals surface area (Å²) in [6.45, 7) is 3.20. The Bertz CT molecular complexity index is 1370. The SMILES string of the molecule is CC#CC(CC(=O)O)c1ccc2c(c1)CCC(c1nc(-c3c(C)cccc3C(F)(F)F)ccc1F)O2. The molecule has 0 spiro atoms. The van der Waals surface area contributed by atoms with Gasteiger partial charge in [0.25, 0.3) is 0 Å². The van der Waals surface area contributed by atoms with Gasteiger partial charge in [-0.05, 0) is 67.6 Å². The predicted octanol–water partition coefficient (Wildman–Crippen LogP) is 6.86. The molecule has 2 unspecified atom stereocenters. The van der Waals surface area contributed by atoms with E-state index >= 15 is 0 Å². The Kier molecular flexibility index (Phi) is 7.02. The Labute approximate surface area is 206 Å². The summed E-state index contributed by atoms with van der Waals surface area (Å²) < 4.78 is 61.8. The number of hydrogen-bond acceptors (Lipinski definition) is 3. The van der Waals surface area contributed by atoms with Crippen LogP contribution in [0.1, 0.15) is 59.7 Å². The molecule has 1 N–H and O–H groups in total. The third-order valence-electron chi connectivity index (χ3n) is 6.14. The first-order valence-corrected chi connectivity index (χ1v) is 11.4. The number of nitrogens with zero attached hydrogens (tertiary/aromatic N) is 1. The maximum atomic E-state index is 14.8. The van der Waals surface area contributed by atoms with Gasteiger partial charge in [-0.15, -0.1) is 5.92 Å². The van der Waals surface area contributed by atoms with Gasteiger partial charge in [0.1, 0.15) is 23.4 Å². The molecule has 1 aliphatic heterocycles. The second-order valence-corrected chi connectivity index (χ2v) is 8.62. The molecular weight excluding hydrogens is 474 g/mol. The van der Waals surface area contributed by atoms with E-state index in [1.807, 2.05) is 6.07 Å². The number of carboxylic acids is 1. The Hall–Kier alpha value is -3.86. The van der Waals surface area contributed by atoms with Gasteiger partial charge in [0.15, 0.2) is 0 Å². The van der Waals surface area contributed by atoms with E-state index < -0.39 is 35.5 Å². The van der Waals surface area contributed by atoms with Crippen LogP contribution in [0.5, 0.6) is 5.75 Å². The highest BCUT2D eigenvalue weighted by Gasteiger charge is 2.35. The molecule has 0 radical (unpaired) electrons. The van der Waals surface area contributed by atoms with Gasteiger partial charge in [0, 0.05) is 5.56 Å². The Morgan fingerprint density at radius 3 is 2.69 bits per heavy atom. The normalized spacial score (nSPS) is 15.8. The van der Waals surface area contributed by atoms with Crippen molar-refractivity contribution in [3.05, 3.63) is 82.3 Å². The molecule has 0 aliphatic carbocycles. The predicted molar refractivity (Wildman–Crippen MR) is 126 cm³/mol. The van der Waals surface area contributed by atoms with Crippen LogP contribution in [-0.4, -0.2) is 16.1 Å². The molecule has 2 aromatic carbocycles. The lowest BCUT2D eigenvalue weighted by atomic mass is 9.91. The van der Waals surface area contributed by atoms with E-state index in [-0.39, 0.29) is 23.4 Å². The molecule has 36 heavy (non-hydrogen) atoms. The number of alkyl halides is 3. The van der Waals surface area contributed by atoms with E-state index in [2.05, 4.69) is 16.8 Å². The molecule has 4 rings (SSSR count). The number of carboxylic acid groups (broad SMARTS) is 1. The first-order chi connectivity index (χ1) is 17.1. The number of rotatable bonds is 5. The van der Waals surface area contributed by atoms with Crippen molar-refractivity contribution >= 4 is 5.97 Å². The van der Waals surface area contributed by atoms with Crippen LogP contribution < -0.4 is 4.74 Å². The Morgan fingerprint density at radius 2 is 2.00 bits per heavy atom. The number of fused-ring (bicyclic) bond motifs is 1. The van der Waals surface area contributed by atoms with Crippen molar-refractivity contribution in [2.45, 2.75) is 51.3 Å². The molecule has 0 amide bonds. The van der Waals surface area contributed by atoms with Gasteiger partial charge < -0.3 is 9.84 Å². The first kappa shape index (κ1) is 25.2. The van der Waals surface area contributed by atoms with Crippen molar-refractivity contribution in [2.75, 3.05) is 0 Å². The van der Waals surface area contributed by atoms with Crippen LogP contribution in [-0.2, 0) is 17.4 Å². The smallest absolute Gasteiger partial charge is 0.417 e. The molecule has 1 aromatic heterocycles. The monoisotopic (exact) mass is 497 g/mol. The number of aryl methyl sites for hydroxylation is 2. The van der Waals surface area contributed by atoms with E-state index in [1.54, 1.807) is 32.0 Å². The average molecular weight is 497 g/mol. The van der Waals surface area contributed by atoms with E-state index in [0.29, 0.717) is 24.2 Å². The number of aliphatic carboxylic acids is 1. The molecule has 0 saturated carbocycles. The molecule has 2 atom stereocenters. The lowest BCUT2D eigenvalue weighted by Gasteiger charge is -2.27. The quantitative estimate of drug-likeness (QED) is 0.309. The summed E-state index contributed by atoms with van der Waals surface area (Å²) in [6.07, 6.45) is -4.66. The zero-order valence-corrected chi connectivity index (χ0v) is 19.6. The van der Waals surface area contributed by atoms with E-state index in [4.69, 9.17) is 4.74 Å². The molecule has 0 bridgehead atoms. The van der Waals surface area contributed by atoms with Crippen molar-refractivity contribution in [2.24, 2.45) is 0 Å². The summed E-state index contributed by atoms with van der Waals surface area (Å²) in [6, 6.07) is 11.5. The Balaban J connectivity index is 1.66. The van der Waals surface area contributed by atoms with Crippen molar-refractivity contribution in [3.8, 4) is 28.8 Å². The topological polar surface area (TPSA) is 59.4 Å². The van der Waals surface area contributed by atoms with Gasteiger partial charge in [-0.25, -0.2) is 9.37 Å². The van der Waals surface area contributed by atoms with Gasteiger partial charge in [0.05, 0.1) is 23.6 Å². The second kappa shape index (κ2) is 10.0. The fraction of sp³-hybridized carbons (Fsp3) is 0.286. The van der Waals surface area contributed by atoms with Crippen LogP contribution in [0.3, 0.4) is 0 Å². The Morgan fingerprint density at radius 1 is 1.22 bits per heavy atom. The zero-order valence-electron chi connectivity index (χ0n) is 19.6. The van der Waals surface area contributed by atoms with Crippen LogP contribution >= 0.6 is 0 Å². The minimum Gasteiger partial charge on any atom is -0.484 e. The molecule has 8 heteroatoms. The number of aromatic nitrogens is 1. The maximum absolute atomic E-state index is 14.8. The van der Waals surface area contributed by atoms with Gasteiger partial charge >= 0.3 is 12.1 Å². The number of halogens is 4. The molecule has 4 nitrogen and oxygen atoms in total. The van der Waals surface area contributed by atoms with E-state index in [9.17, 15) is 27.5 Å². The van der Waals surface area contributed by atoms with Gasteiger partial charge in [-0.3, -0.25) is 4.79 Å². The summed E-state index contributed by atoms with van der Waals surface area (Å²) in [7, 11) is 0. The lowest BCUT2D eigenvalue weighted by Crippen LogP contribution is -2.19. The molecule has 0 saturated heterocycles. The molecule has 186 valence electrons. The molecule has 3 aromatic rings. The van der Waals surface area contributed by atoms with Gasteiger partial charge in [-0.1, -0.05) is 30.2 Å². The largest absolute Gasteiger partial charge is 0.484 e. The van der Waals surface area contributed by atoms with Crippen molar-refractivity contribution < 1.29 is 32.2 Å².